The van der Waals surface area contributed by atoms with Crippen LogP contribution in [-0.2, 0) is 0 Å². The molecule has 0 radical (unpaired) electrons. The molecule has 2 atom stereocenters. The molecule has 0 amide bonds. The van der Waals surface area contributed by atoms with Crippen LogP contribution >= 0.6 is 0 Å². The monoisotopic (exact) mass is 313 g/mol. The van der Waals surface area contributed by atoms with E-state index in [9.17, 15) is 0 Å². The van der Waals surface area contributed by atoms with Gasteiger partial charge in [0.2, 0.25) is 0 Å². The smallest absolute Gasteiger partial charge is 0.197 e. The lowest BCUT2D eigenvalue weighted by Gasteiger charge is -2.12. The summed E-state index contributed by atoms with van der Waals surface area (Å²) in [6.45, 7) is 4.00. The van der Waals surface area contributed by atoms with Crippen LogP contribution < -0.4 is 5.32 Å². The van der Waals surface area contributed by atoms with E-state index in [0.717, 1.165) is 42.0 Å². The first-order chi connectivity index (χ1) is 11.4. The van der Waals surface area contributed by atoms with Gasteiger partial charge in [-0.15, -0.1) is 0 Å². The molecule has 0 spiro atoms. The van der Waals surface area contributed by atoms with Crippen molar-refractivity contribution < 1.29 is 4.42 Å². The number of anilines is 1. The average Bonchev–Trinajstić information content (AvgIpc) is 3.34. The highest BCUT2D eigenvalue weighted by Crippen LogP contribution is 2.41. The summed E-state index contributed by atoms with van der Waals surface area (Å²) >= 11 is 0. The zero-order chi connectivity index (χ0) is 16.2. The Balaban J connectivity index is 0.000000753. The molecule has 3 heterocycles. The summed E-state index contributed by atoms with van der Waals surface area (Å²) in [5.74, 6) is 1.25. The van der Waals surface area contributed by atoms with Gasteiger partial charge in [-0.3, -0.25) is 0 Å². The normalized spacial score (nSPS) is 20.3. The Morgan fingerprint density at radius 1 is 1.17 bits per heavy atom. The van der Waals surface area contributed by atoms with Gasteiger partial charge in [0.15, 0.2) is 11.5 Å². The van der Waals surface area contributed by atoms with Crippen molar-refractivity contribution in [2.24, 2.45) is 0 Å². The van der Waals surface area contributed by atoms with Crippen LogP contribution in [0.5, 0.6) is 0 Å². The summed E-state index contributed by atoms with van der Waals surface area (Å²) in [5.41, 5.74) is 2.89. The molecule has 3 aromatic heterocycles. The molecular formula is C17H23N5O. The standard InChI is InChI=1S/C15H17N5O.C2H6/c1-16-12-4-5-17-14-13(12)19-9-20(14)11-3-2-10(8-11)15-18-6-7-21-15;1-2/h4-7,9-11H,2-3,8H2,1H3,(H,16,17);1-2H3. The van der Waals surface area contributed by atoms with Crippen LogP contribution in [0.3, 0.4) is 0 Å². The van der Waals surface area contributed by atoms with Crippen LogP contribution in [0.4, 0.5) is 5.69 Å². The topological polar surface area (TPSA) is 68.8 Å². The molecule has 23 heavy (non-hydrogen) atoms. The molecule has 6 heteroatoms. The second-order valence-electron chi connectivity index (χ2n) is 5.47. The van der Waals surface area contributed by atoms with Crippen LogP contribution in [-0.4, -0.2) is 26.6 Å². The molecule has 1 aliphatic carbocycles. The maximum absolute atomic E-state index is 5.45. The Labute approximate surface area is 136 Å². The van der Waals surface area contributed by atoms with Crippen molar-refractivity contribution in [1.29, 1.82) is 0 Å². The zero-order valence-electron chi connectivity index (χ0n) is 13.9. The number of nitrogens with one attached hydrogen (secondary N) is 1. The van der Waals surface area contributed by atoms with E-state index in [-0.39, 0.29) is 0 Å². The Hall–Kier alpha value is -2.37. The second kappa shape index (κ2) is 6.81. The number of hydrogen-bond donors (Lipinski definition) is 1. The lowest BCUT2D eigenvalue weighted by atomic mass is 10.1. The third-order valence-corrected chi connectivity index (χ3v) is 4.33. The van der Waals surface area contributed by atoms with E-state index in [4.69, 9.17) is 4.42 Å². The number of fused-ring (bicyclic) bond motifs is 1. The first-order valence-corrected chi connectivity index (χ1v) is 8.25. The predicted octanol–water partition coefficient (Wildman–Crippen LogP) is 4.00. The molecule has 4 rings (SSSR count). The quantitative estimate of drug-likeness (QED) is 0.791. The van der Waals surface area contributed by atoms with Crippen molar-refractivity contribution >= 4 is 16.9 Å². The minimum Gasteiger partial charge on any atom is -0.449 e. The molecule has 2 unspecified atom stereocenters. The van der Waals surface area contributed by atoms with E-state index in [1.165, 1.54) is 0 Å². The van der Waals surface area contributed by atoms with E-state index >= 15 is 0 Å². The summed E-state index contributed by atoms with van der Waals surface area (Å²) in [5, 5.41) is 3.16. The van der Waals surface area contributed by atoms with Gasteiger partial charge in [-0.1, -0.05) is 13.8 Å². The molecule has 6 nitrogen and oxygen atoms in total. The number of pyridine rings is 1. The van der Waals surface area contributed by atoms with Crippen molar-refractivity contribution in [3.63, 3.8) is 0 Å². The molecule has 1 fully saturated rings. The number of nitrogens with zero attached hydrogens (tertiary/aromatic N) is 4. The lowest BCUT2D eigenvalue weighted by molar-refractivity contribution is 0.436. The average molecular weight is 313 g/mol. The molecule has 3 aromatic rings. The van der Waals surface area contributed by atoms with E-state index in [1.807, 2.05) is 39.5 Å². The van der Waals surface area contributed by atoms with Crippen LogP contribution in [0.25, 0.3) is 11.2 Å². The van der Waals surface area contributed by atoms with Crippen LogP contribution in [0.15, 0.2) is 35.5 Å². The molecule has 122 valence electrons. The Kier molecular flexibility index (Phi) is 4.60. The Bertz CT molecular complexity index is 750. The maximum atomic E-state index is 5.45. The number of rotatable bonds is 3. The van der Waals surface area contributed by atoms with Crippen molar-refractivity contribution in [1.82, 2.24) is 19.5 Å². The Morgan fingerprint density at radius 2 is 2.04 bits per heavy atom. The van der Waals surface area contributed by atoms with Gasteiger partial charge in [-0.05, 0) is 25.3 Å². The summed E-state index contributed by atoms with van der Waals surface area (Å²) < 4.78 is 7.64. The van der Waals surface area contributed by atoms with Crippen LogP contribution in [0, 0.1) is 0 Å². The number of imidazole rings is 1. The largest absolute Gasteiger partial charge is 0.449 e. The van der Waals surface area contributed by atoms with Crippen molar-refractivity contribution in [3.05, 3.63) is 36.9 Å². The zero-order valence-corrected chi connectivity index (χ0v) is 13.9. The first-order valence-electron chi connectivity index (χ1n) is 8.25. The third kappa shape index (κ3) is 2.81. The highest BCUT2D eigenvalue weighted by Gasteiger charge is 2.30. The van der Waals surface area contributed by atoms with Gasteiger partial charge in [-0.2, -0.15) is 0 Å². The van der Waals surface area contributed by atoms with Crippen LogP contribution in [0.2, 0.25) is 0 Å². The molecule has 1 saturated carbocycles. The molecule has 1 aliphatic rings. The summed E-state index contributed by atoms with van der Waals surface area (Å²) in [7, 11) is 1.90. The summed E-state index contributed by atoms with van der Waals surface area (Å²) in [6, 6.07) is 2.36. The fourth-order valence-corrected chi connectivity index (χ4v) is 3.27. The first kappa shape index (κ1) is 15.5. The van der Waals surface area contributed by atoms with Gasteiger partial charge >= 0.3 is 0 Å². The lowest BCUT2D eigenvalue weighted by Crippen LogP contribution is -2.05. The van der Waals surface area contributed by atoms with Gasteiger partial charge in [0.25, 0.3) is 0 Å². The van der Waals surface area contributed by atoms with Crippen molar-refractivity contribution in [3.8, 4) is 0 Å². The molecular weight excluding hydrogens is 290 g/mol. The molecule has 0 saturated heterocycles. The predicted molar refractivity (Wildman–Crippen MR) is 90.6 cm³/mol. The SMILES string of the molecule is CC.CNc1ccnc2c1ncn2C1CCC(c2ncco2)C1. The molecule has 0 aromatic carbocycles. The summed E-state index contributed by atoms with van der Waals surface area (Å²) in [4.78, 5) is 13.3. The fourth-order valence-electron chi connectivity index (χ4n) is 3.27. The minimum absolute atomic E-state index is 0.398. The van der Waals surface area contributed by atoms with Gasteiger partial charge < -0.3 is 14.3 Å². The molecule has 1 N–H and O–H groups in total. The summed E-state index contributed by atoms with van der Waals surface area (Å²) in [6.07, 6.45) is 10.3. The number of aromatic nitrogens is 4. The van der Waals surface area contributed by atoms with Crippen molar-refractivity contribution in [2.45, 2.75) is 45.1 Å². The number of hydrogen-bond acceptors (Lipinski definition) is 5. The van der Waals surface area contributed by atoms with E-state index in [1.54, 1.807) is 12.5 Å². The fraction of sp³-hybridized carbons (Fsp3) is 0.471. The maximum Gasteiger partial charge on any atom is 0.197 e. The number of oxazole rings is 1. The third-order valence-electron chi connectivity index (χ3n) is 4.33. The highest BCUT2D eigenvalue weighted by molar-refractivity contribution is 5.85. The van der Waals surface area contributed by atoms with E-state index in [0.29, 0.717) is 12.0 Å². The second-order valence-corrected chi connectivity index (χ2v) is 5.47. The highest BCUT2D eigenvalue weighted by atomic mass is 16.3. The molecule has 0 bridgehead atoms. The minimum atomic E-state index is 0.398. The van der Waals surface area contributed by atoms with Crippen molar-refractivity contribution in [2.75, 3.05) is 12.4 Å². The van der Waals surface area contributed by atoms with E-state index < -0.39 is 0 Å². The van der Waals surface area contributed by atoms with E-state index in [2.05, 4.69) is 24.8 Å². The van der Waals surface area contributed by atoms with Crippen LogP contribution in [0.1, 0.15) is 51.0 Å². The molecule has 0 aliphatic heterocycles. The van der Waals surface area contributed by atoms with Gasteiger partial charge in [-0.25, -0.2) is 15.0 Å². The van der Waals surface area contributed by atoms with Gasteiger partial charge in [0.1, 0.15) is 11.8 Å². The van der Waals surface area contributed by atoms with Gasteiger partial charge in [0, 0.05) is 25.2 Å². The van der Waals surface area contributed by atoms with Gasteiger partial charge in [0.05, 0.1) is 18.2 Å². The Morgan fingerprint density at radius 3 is 2.78 bits per heavy atom.